The normalized spacial score (nSPS) is 16.8. The predicted octanol–water partition coefficient (Wildman–Crippen LogP) is 4.99. The van der Waals surface area contributed by atoms with E-state index in [-0.39, 0.29) is 5.78 Å². The van der Waals surface area contributed by atoms with Crippen LogP contribution in [0, 0.1) is 0 Å². The van der Waals surface area contributed by atoms with Crippen molar-refractivity contribution in [3.05, 3.63) is 83.4 Å². The van der Waals surface area contributed by atoms with Crippen LogP contribution in [-0.2, 0) is 6.42 Å². The van der Waals surface area contributed by atoms with Crippen molar-refractivity contribution >= 4 is 17.2 Å². The largest absolute Gasteiger partial charge is 0.398 e. The summed E-state index contributed by atoms with van der Waals surface area (Å²) < 4.78 is 0. The van der Waals surface area contributed by atoms with Crippen LogP contribution in [0.3, 0.4) is 0 Å². The Morgan fingerprint density at radius 3 is 2.38 bits per heavy atom. The first-order valence-corrected chi connectivity index (χ1v) is 11.6. The number of carbonyl (C=O) groups excluding carboxylic acids is 1. The summed E-state index contributed by atoms with van der Waals surface area (Å²) >= 11 is 0. The van der Waals surface area contributed by atoms with Gasteiger partial charge in [0.25, 0.3) is 0 Å². The molecule has 0 amide bonds. The average Bonchev–Trinajstić information content (AvgIpc) is 3.67. The molecule has 0 atom stereocenters. The molecule has 2 fully saturated rings. The van der Waals surface area contributed by atoms with E-state index in [1.165, 1.54) is 24.1 Å². The Labute approximate surface area is 190 Å². The van der Waals surface area contributed by atoms with Gasteiger partial charge in [-0.25, -0.2) is 0 Å². The first kappa shape index (κ1) is 20.8. The number of benzene rings is 3. The molecule has 3 aromatic carbocycles. The lowest BCUT2D eigenvalue weighted by molar-refractivity contribution is 0.0993. The number of carbonyl (C=O) groups is 1. The fourth-order valence-corrected chi connectivity index (χ4v) is 4.63. The molecule has 1 aliphatic heterocycles. The summed E-state index contributed by atoms with van der Waals surface area (Å²) in [5.41, 5.74) is 13.5. The minimum atomic E-state index is 0.133. The number of nitrogens with two attached hydrogens (primary N) is 1. The number of nitrogens with zero attached hydrogens (tertiary/aromatic N) is 2. The maximum absolute atomic E-state index is 13.3. The van der Waals surface area contributed by atoms with Crippen molar-refractivity contribution in [2.24, 2.45) is 0 Å². The third kappa shape index (κ3) is 4.42. The summed E-state index contributed by atoms with van der Waals surface area (Å²) in [6, 6.07) is 22.6. The molecule has 3 aromatic rings. The van der Waals surface area contributed by atoms with Gasteiger partial charge >= 0.3 is 0 Å². The summed E-state index contributed by atoms with van der Waals surface area (Å²) in [4.78, 5) is 18.1. The molecule has 0 bridgehead atoms. The molecular weight excluding hydrogens is 394 g/mol. The van der Waals surface area contributed by atoms with Crippen LogP contribution < -0.4 is 10.6 Å². The summed E-state index contributed by atoms with van der Waals surface area (Å²) in [6.07, 6.45) is 2.78. The van der Waals surface area contributed by atoms with E-state index in [1.807, 2.05) is 36.4 Å². The Bertz CT molecular complexity index is 1110. The van der Waals surface area contributed by atoms with Gasteiger partial charge in [0.1, 0.15) is 0 Å². The van der Waals surface area contributed by atoms with E-state index in [2.05, 4.69) is 47.2 Å². The van der Waals surface area contributed by atoms with Crippen LogP contribution in [0.2, 0.25) is 0 Å². The van der Waals surface area contributed by atoms with Crippen molar-refractivity contribution in [2.45, 2.75) is 25.2 Å². The lowest BCUT2D eigenvalue weighted by Crippen LogP contribution is -2.44. The second-order valence-corrected chi connectivity index (χ2v) is 9.22. The summed E-state index contributed by atoms with van der Waals surface area (Å²) in [7, 11) is 2.18. The molecule has 1 aliphatic carbocycles. The smallest absolute Gasteiger partial charge is 0.167 e. The number of Topliss-reactive ketones (excluding diaryl/α,β-unsaturated/α-hetero) is 1. The van der Waals surface area contributed by atoms with Gasteiger partial charge in [0.15, 0.2) is 5.78 Å². The fourth-order valence-electron chi connectivity index (χ4n) is 4.63. The zero-order valence-corrected chi connectivity index (χ0v) is 18.8. The van der Waals surface area contributed by atoms with Crippen LogP contribution in [0.5, 0.6) is 0 Å². The summed E-state index contributed by atoms with van der Waals surface area (Å²) in [5.74, 6) is 0.734. The number of nitrogen functional groups attached to an aromatic ring is 1. The summed E-state index contributed by atoms with van der Waals surface area (Å²) in [6.45, 7) is 4.27. The van der Waals surface area contributed by atoms with Crippen molar-refractivity contribution in [2.75, 3.05) is 43.9 Å². The van der Waals surface area contributed by atoms with Gasteiger partial charge in [-0.3, -0.25) is 4.79 Å². The van der Waals surface area contributed by atoms with Crippen LogP contribution >= 0.6 is 0 Å². The fraction of sp³-hybridized carbons (Fsp3) is 0.321. The molecule has 2 N–H and O–H groups in total. The highest BCUT2D eigenvalue weighted by atomic mass is 16.1. The number of hydrogen-bond acceptors (Lipinski definition) is 4. The highest BCUT2D eigenvalue weighted by Crippen LogP contribution is 2.45. The van der Waals surface area contributed by atoms with Gasteiger partial charge in [0.2, 0.25) is 0 Å². The van der Waals surface area contributed by atoms with Crippen LogP contribution in [0.1, 0.15) is 40.2 Å². The van der Waals surface area contributed by atoms with Crippen molar-refractivity contribution in [3.63, 3.8) is 0 Å². The zero-order valence-electron chi connectivity index (χ0n) is 18.8. The molecule has 0 unspecified atom stereocenters. The Balaban J connectivity index is 1.39. The molecular formula is C28H31N3O. The molecule has 1 saturated carbocycles. The molecule has 4 heteroatoms. The number of hydrogen-bond donors (Lipinski definition) is 1. The highest BCUT2D eigenvalue weighted by Gasteiger charge is 2.29. The van der Waals surface area contributed by atoms with E-state index in [4.69, 9.17) is 5.73 Å². The van der Waals surface area contributed by atoms with Crippen LogP contribution in [0.4, 0.5) is 11.4 Å². The van der Waals surface area contributed by atoms with Gasteiger partial charge in [0, 0.05) is 49.5 Å². The number of ketones is 1. The van der Waals surface area contributed by atoms with Gasteiger partial charge in [-0.15, -0.1) is 0 Å². The standard InChI is InChI=1S/C28H31N3O/c1-30-13-15-31(16-14-30)27-12-10-23(18-25(27)21-7-8-21)28(32)19-24-17-22(9-11-26(24)29)20-5-3-2-4-6-20/h2-6,9-12,17-18,21H,7-8,13-16,19,29H2,1H3. The molecule has 2 aliphatic rings. The monoisotopic (exact) mass is 425 g/mol. The van der Waals surface area contributed by atoms with Crippen molar-refractivity contribution < 1.29 is 4.79 Å². The number of likely N-dealkylation sites (N-methyl/N-ethyl adjacent to an activating group) is 1. The molecule has 0 radical (unpaired) electrons. The first-order valence-electron chi connectivity index (χ1n) is 11.6. The SMILES string of the molecule is CN1CCN(c2ccc(C(=O)Cc3cc(-c4ccccc4)ccc3N)cc2C2CC2)CC1. The van der Waals surface area contributed by atoms with Crippen LogP contribution in [-0.4, -0.2) is 43.9 Å². The first-order chi connectivity index (χ1) is 15.6. The minimum Gasteiger partial charge on any atom is -0.398 e. The molecule has 1 saturated heterocycles. The van der Waals surface area contributed by atoms with Crippen LogP contribution in [0.25, 0.3) is 11.1 Å². The van der Waals surface area contributed by atoms with Gasteiger partial charge < -0.3 is 15.5 Å². The van der Waals surface area contributed by atoms with E-state index in [9.17, 15) is 4.79 Å². The van der Waals surface area contributed by atoms with E-state index in [1.54, 1.807) is 0 Å². The molecule has 0 spiro atoms. The lowest BCUT2D eigenvalue weighted by Gasteiger charge is -2.35. The third-order valence-electron chi connectivity index (χ3n) is 6.81. The second kappa shape index (κ2) is 8.79. The summed E-state index contributed by atoms with van der Waals surface area (Å²) in [5, 5.41) is 0. The van der Waals surface area contributed by atoms with Crippen LogP contribution in [0.15, 0.2) is 66.7 Å². The molecule has 5 rings (SSSR count). The predicted molar refractivity (Wildman–Crippen MR) is 132 cm³/mol. The van der Waals surface area contributed by atoms with E-state index in [0.29, 0.717) is 18.0 Å². The van der Waals surface area contributed by atoms with E-state index >= 15 is 0 Å². The Morgan fingerprint density at radius 2 is 1.66 bits per heavy atom. The highest BCUT2D eigenvalue weighted by molar-refractivity contribution is 5.99. The van der Waals surface area contributed by atoms with Gasteiger partial charge in [-0.05, 0) is 78.4 Å². The topological polar surface area (TPSA) is 49.6 Å². The average molecular weight is 426 g/mol. The minimum absolute atomic E-state index is 0.133. The lowest BCUT2D eigenvalue weighted by atomic mass is 9.95. The van der Waals surface area contributed by atoms with Gasteiger partial charge in [0.05, 0.1) is 0 Å². The van der Waals surface area contributed by atoms with Crippen molar-refractivity contribution in [1.29, 1.82) is 0 Å². The number of piperazine rings is 1. The maximum atomic E-state index is 13.3. The molecule has 164 valence electrons. The van der Waals surface area contributed by atoms with E-state index < -0.39 is 0 Å². The Hall–Kier alpha value is -3.11. The Morgan fingerprint density at radius 1 is 0.906 bits per heavy atom. The quantitative estimate of drug-likeness (QED) is 0.446. The zero-order chi connectivity index (χ0) is 22.1. The maximum Gasteiger partial charge on any atom is 0.167 e. The Kier molecular flexibility index (Phi) is 5.71. The van der Waals surface area contributed by atoms with Crippen molar-refractivity contribution in [1.82, 2.24) is 4.90 Å². The van der Waals surface area contributed by atoms with Crippen molar-refractivity contribution in [3.8, 4) is 11.1 Å². The number of anilines is 2. The molecule has 0 aromatic heterocycles. The molecule has 4 nitrogen and oxygen atoms in total. The molecule has 1 heterocycles. The number of rotatable bonds is 6. The third-order valence-corrected chi connectivity index (χ3v) is 6.81. The van der Waals surface area contributed by atoms with Gasteiger partial charge in [-0.1, -0.05) is 36.4 Å². The second-order valence-electron chi connectivity index (χ2n) is 9.22. The molecule has 32 heavy (non-hydrogen) atoms. The van der Waals surface area contributed by atoms with Gasteiger partial charge in [-0.2, -0.15) is 0 Å². The van der Waals surface area contributed by atoms with E-state index in [0.717, 1.165) is 48.4 Å².